The number of rotatable bonds is 5. The second-order valence-electron chi connectivity index (χ2n) is 11.2. The lowest BCUT2D eigenvalue weighted by molar-refractivity contribution is 0.0696. The fourth-order valence-corrected chi connectivity index (χ4v) is 6.32. The first kappa shape index (κ1) is 21.9. The minimum Gasteiger partial charge on any atom is -0.332 e. The molecule has 3 aromatic rings. The highest BCUT2D eigenvalue weighted by atomic mass is 16.2. The summed E-state index contributed by atoms with van der Waals surface area (Å²) < 4.78 is 1.89. The average Bonchev–Trinajstić information content (AvgIpc) is 3.30. The highest BCUT2D eigenvalue weighted by Gasteiger charge is 2.51. The monoisotopic (exact) mass is 442 g/mol. The molecule has 1 aliphatic carbocycles. The van der Waals surface area contributed by atoms with Crippen LogP contribution in [0.1, 0.15) is 67.6 Å². The predicted molar refractivity (Wildman–Crippen MR) is 131 cm³/mol. The lowest BCUT2D eigenvalue weighted by Crippen LogP contribution is -2.38. The molecule has 1 amide bonds. The Labute approximate surface area is 196 Å². The molecule has 5 heteroatoms. The molecular weight excluding hydrogens is 408 g/mol. The van der Waals surface area contributed by atoms with Crippen LogP contribution in [0.25, 0.3) is 5.69 Å². The van der Waals surface area contributed by atoms with Gasteiger partial charge in [-0.25, -0.2) is 9.67 Å². The molecule has 5 nitrogen and oxygen atoms in total. The van der Waals surface area contributed by atoms with Gasteiger partial charge in [0.05, 0.1) is 5.69 Å². The van der Waals surface area contributed by atoms with Gasteiger partial charge in [-0.05, 0) is 60.6 Å². The van der Waals surface area contributed by atoms with E-state index in [4.69, 9.17) is 10.1 Å². The van der Waals surface area contributed by atoms with Gasteiger partial charge in [0.15, 0.2) is 0 Å². The van der Waals surface area contributed by atoms with E-state index in [9.17, 15) is 4.79 Å². The number of carbonyl (C=O) groups excluding carboxylic acids is 1. The van der Waals surface area contributed by atoms with Gasteiger partial charge in [-0.15, -0.1) is 5.10 Å². The second-order valence-corrected chi connectivity index (χ2v) is 11.2. The topological polar surface area (TPSA) is 51.0 Å². The van der Waals surface area contributed by atoms with Gasteiger partial charge in [-0.2, -0.15) is 0 Å². The molecule has 1 saturated heterocycles. The predicted octanol–water partition coefficient (Wildman–Crippen LogP) is 5.40. The summed E-state index contributed by atoms with van der Waals surface area (Å²) in [5.74, 6) is 1.15. The molecule has 2 bridgehead atoms. The van der Waals surface area contributed by atoms with E-state index in [1.165, 1.54) is 5.56 Å². The van der Waals surface area contributed by atoms with Crippen molar-refractivity contribution in [2.24, 2.45) is 10.8 Å². The highest BCUT2D eigenvalue weighted by molar-refractivity contribution is 5.91. The Morgan fingerprint density at radius 2 is 1.73 bits per heavy atom. The van der Waals surface area contributed by atoms with Gasteiger partial charge in [0.2, 0.25) is 5.82 Å². The third kappa shape index (κ3) is 4.33. The van der Waals surface area contributed by atoms with Gasteiger partial charge < -0.3 is 4.90 Å². The average molecular weight is 443 g/mol. The van der Waals surface area contributed by atoms with Gasteiger partial charge in [-0.3, -0.25) is 4.79 Å². The summed E-state index contributed by atoms with van der Waals surface area (Å²) in [5.41, 5.74) is 3.82. The number of likely N-dealkylation sites (tertiary alicyclic amines) is 1. The number of hydrogen-bond donors (Lipinski definition) is 0. The molecule has 1 aliphatic heterocycles. The zero-order chi connectivity index (χ0) is 23.2. The number of aryl methyl sites for hydroxylation is 3. The molecule has 172 valence electrons. The first-order valence-electron chi connectivity index (χ1n) is 12.1. The minimum absolute atomic E-state index is 0.0188. The van der Waals surface area contributed by atoms with Gasteiger partial charge in [-0.1, -0.05) is 69.3 Å². The van der Waals surface area contributed by atoms with Crippen LogP contribution in [0.4, 0.5) is 0 Å². The van der Waals surface area contributed by atoms with E-state index in [1.54, 1.807) is 0 Å². The number of nitrogens with zero attached hydrogens (tertiary/aromatic N) is 4. The zero-order valence-electron chi connectivity index (χ0n) is 20.2. The number of carbonyl (C=O) groups is 1. The van der Waals surface area contributed by atoms with Crippen LogP contribution in [0, 0.1) is 17.8 Å². The molecule has 2 aromatic carbocycles. The first-order chi connectivity index (χ1) is 15.7. The van der Waals surface area contributed by atoms with Gasteiger partial charge >= 0.3 is 0 Å². The maximum absolute atomic E-state index is 13.7. The molecule has 0 radical (unpaired) electrons. The van der Waals surface area contributed by atoms with E-state index >= 15 is 0 Å². The quantitative estimate of drug-likeness (QED) is 0.531. The van der Waals surface area contributed by atoms with E-state index in [-0.39, 0.29) is 22.8 Å². The van der Waals surface area contributed by atoms with E-state index in [0.717, 1.165) is 55.7 Å². The third-order valence-corrected chi connectivity index (χ3v) is 7.36. The SMILES string of the molecule is Cc1ccccc1-n1nc(C(=O)N2CC3(C)CC2CC(C)(C)C3)nc1CCc1ccccc1. The molecule has 5 rings (SSSR count). The summed E-state index contributed by atoms with van der Waals surface area (Å²) in [6.45, 7) is 9.87. The Kier molecular flexibility index (Phi) is 5.38. The molecule has 1 saturated carbocycles. The van der Waals surface area contributed by atoms with E-state index < -0.39 is 0 Å². The van der Waals surface area contributed by atoms with Crippen molar-refractivity contribution >= 4 is 5.91 Å². The summed E-state index contributed by atoms with van der Waals surface area (Å²) in [6.07, 6.45) is 4.88. The Morgan fingerprint density at radius 3 is 2.48 bits per heavy atom. The Hall–Kier alpha value is -2.95. The van der Waals surface area contributed by atoms with Crippen molar-refractivity contribution < 1.29 is 4.79 Å². The maximum Gasteiger partial charge on any atom is 0.293 e. The summed E-state index contributed by atoms with van der Waals surface area (Å²) in [6, 6.07) is 18.9. The van der Waals surface area contributed by atoms with Crippen LogP contribution < -0.4 is 0 Å². The maximum atomic E-state index is 13.7. The van der Waals surface area contributed by atoms with Crippen molar-refractivity contribution in [2.45, 2.75) is 65.8 Å². The van der Waals surface area contributed by atoms with Crippen molar-refractivity contribution in [1.82, 2.24) is 19.7 Å². The summed E-state index contributed by atoms with van der Waals surface area (Å²) in [5, 5.41) is 4.79. The molecule has 2 aliphatic rings. The van der Waals surface area contributed by atoms with Crippen molar-refractivity contribution in [3.8, 4) is 5.69 Å². The van der Waals surface area contributed by atoms with Crippen LogP contribution in [-0.2, 0) is 12.8 Å². The number of aromatic nitrogens is 3. The fraction of sp³-hybridized carbons (Fsp3) is 0.464. The normalized spacial score (nSPS) is 23.6. The lowest BCUT2D eigenvalue weighted by atomic mass is 9.65. The molecule has 2 fully saturated rings. The zero-order valence-corrected chi connectivity index (χ0v) is 20.2. The van der Waals surface area contributed by atoms with E-state index in [0.29, 0.717) is 5.82 Å². The summed E-state index contributed by atoms with van der Waals surface area (Å²) in [7, 11) is 0. The Morgan fingerprint density at radius 1 is 1.00 bits per heavy atom. The standard InChI is InChI=1S/C28H34N4O/c1-20-10-8-9-13-23(20)32-24(15-14-21-11-6-5-7-12-21)29-25(30-32)26(33)31-19-28(4)17-22(31)16-27(2,3)18-28/h5-13,22H,14-19H2,1-4H3. The molecule has 0 spiro atoms. The van der Waals surface area contributed by atoms with E-state index in [1.807, 2.05) is 22.9 Å². The fourth-order valence-electron chi connectivity index (χ4n) is 6.32. The molecule has 1 aromatic heterocycles. The molecule has 0 N–H and O–H groups in total. The van der Waals surface area contributed by atoms with Crippen LogP contribution in [0.5, 0.6) is 0 Å². The van der Waals surface area contributed by atoms with E-state index in [2.05, 4.69) is 69.0 Å². The Bertz CT molecular complexity index is 1170. The Balaban J connectivity index is 1.47. The summed E-state index contributed by atoms with van der Waals surface area (Å²) in [4.78, 5) is 20.6. The van der Waals surface area contributed by atoms with Gasteiger partial charge in [0.1, 0.15) is 5.82 Å². The van der Waals surface area contributed by atoms with Crippen LogP contribution in [-0.4, -0.2) is 38.2 Å². The molecule has 2 heterocycles. The number of amides is 1. The van der Waals surface area contributed by atoms with Crippen molar-refractivity contribution in [3.05, 3.63) is 77.4 Å². The highest BCUT2D eigenvalue weighted by Crippen LogP contribution is 2.52. The lowest BCUT2D eigenvalue weighted by Gasteiger charge is -2.39. The van der Waals surface area contributed by atoms with Crippen molar-refractivity contribution in [1.29, 1.82) is 0 Å². The van der Waals surface area contributed by atoms with Crippen LogP contribution in [0.2, 0.25) is 0 Å². The van der Waals surface area contributed by atoms with Crippen molar-refractivity contribution in [2.75, 3.05) is 6.54 Å². The van der Waals surface area contributed by atoms with Crippen LogP contribution >= 0.6 is 0 Å². The number of fused-ring (bicyclic) bond motifs is 2. The number of para-hydroxylation sites is 1. The number of hydrogen-bond acceptors (Lipinski definition) is 3. The van der Waals surface area contributed by atoms with Gasteiger partial charge in [0.25, 0.3) is 5.91 Å². The summed E-state index contributed by atoms with van der Waals surface area (Å²) >= 11 is 0. The largest absolute Gasteiger partial charge is 0.332 e. The van der Waals surface area contributed by atoms with Crippen LogP contribution in [0.3, 0.4) is 0 Å². The third-order valence-electron chi connectivity index (χ3n) is 7.36. The van der Waals surface area contributed by atoms with Gasteiger partial charge in [0, 0.05) is 19.0 Å². The smallest absolute Gasteiger partial charge is 0.293 e. The molecular formula is C28H34N4O. The molecule has 2 atom stereocenters. The molecule has 33 heavy (non-hydrogen) atoms. The second kappa shape index (κ2) is 8.12. The van der Waals surface area contributed by atoms with Crippen LogP contribution in [0.15, 0.2) is 54.6 Å². The minimum atomic E-state index is -0.0188. The molecule has 2 unspecified atom stereocenters. The van der Waals surface area contributed by atoms with Crippen molar-refractivity contribution in [3.63, 3.8) is 0 Å². The number of benzene rings is 2. The first-order valence-corrected chi connectivity index (χ1v) is 12.1.